The number of halogens is 3. The molecule has 1 saturated heterocycles. The summed E-state index contributed by atoms with van der Waals surface area (Å²) in [6.07, 6.45) is 6.76. The highest BCUT2D eigenvalue weighted by atomic mass is 19.4. The first-order valence-corrected chi connectivity index (χ1v) is 18.1. The van der Waals surface area contributed by atoms with Gasteiger partial charge in [0.1, 0.15) is 22.7 Å². The lowest BCUT2D eigenvalue weighted by Gasteiger charge is -2.40. The molecule has 0 spiro atoms. The number of carboxylic acid groups (broad SMARTS) is 1. The number of aromatic nitrogens is 6. The van der Waals surface area contributed by atoms with Crippen molar-refractivity contribution in [2.75, 3.05) is 63.3 Å². The van der Waals surface area contributed by atoms with Crippen molar-refractivity contribution >= 4 is 28.6 Å². The Kier molecular flexibility index (Phi) is 10.1. The summed E-state index contributed by atoms with van der Waals surface area (Å²) in [6, 6.07) is 3.69. The minimum atomic E-state index is -4.53. The van der Waals surface area contributed by atoms with Crippen LogP contribution in [-0.2, 0) is 15.7 Å². The number of fused-ring (bicyclic) bond motifs is 1. The Morgan fingerprint density at radius 2 is 1.87 bits per heavy atom. The van der Waals surface area contributed by atoms with Crippen LogP contribution < -0.4 is 9.80 Å². The molecule has 1 atom stereocenters. The third kappa shape index (κ3) is 7.70. The van der Waals surface area contributed by atoms with Crippen molar-refractivity contribution in [2.45, 2.75) is 76.4 Å². The quantitative estimate of drug-likeness (QED) is 0.159. The molecule has 4 aromatic heterocycles. The van der Waals surface area contributed by atoms with Crippen LogP contribution >= 0.6 is 0 Å². The number of hydrogen-bond donors (Lipinski definition) is 2. The van der Waals surface area contributed by atoms with E-state index in [0.29, 0.717) is 59.8 Å². The van der Waals surface area contributed by atoms with Crippen LogP contribution in [0.2, 0.25) is 0 Å². The molecule has 0 radical (unpaired) electrons. The zero-order valence-corrected chi connectivity index (χ0v) is 29.9. The summed E-state index contributed by atoms with van der Waals surface area (Å²) in [7, 11) is 3.76. The highest BCUT2D eigenvalue weighted by Gasteiger charge is 2.40. The number of carboxylic acids is 1. The number of nitrogens with one attached hydrogen (secondary N) is 1. The first-order valence-electron chi connectivity index (χ1n) is 18.1. The van der Waals surface area contributed by atoms with E-state index in [4.69, 9.17) is 29.8 Å². The van der Waals surface area contributed by atoms with E-state index in [0.717, 1.165) is 69.9 Å². The summed E-state index contributed by atoms with van der Waals surface area (Å²) in [5.41, 5.74) is 2.89. The number of alkyl halides is 3. The van der Waals surface area contributed by atoms with Crippen LogP contribution in [0.25, 0.3) is 33.9 Å². The van der Waals surface area contributed by atoms with Crippen LogP contribution in [0.5, 0.6) is 0 Å². The van der Waals surface area contributed by atoms with Gasteiger partial charge in [0.25, 0.3) is 0 Å². The summed E-state index contributed by atoms with van der Waals surface area (Å²) < 4.78 is 47.4. The second-order valence-electron chi connectivity index (χ2n) is 14.8. The van der Waals surface area contributed by atoms with Gasteiger partial charge in [0.15, 0.2) is 11.5 Å². The van der Waals surface area contributed by atoms with Crippen molar-refractivity contribution in [3.8, 4) is 22.8 Å². The van der Waals surface area contributed by atoms with Crippen molar-refractivity contribution in [1.82, 2.24) is 34.8 Å². The largest absolute Gasteiger partial charge is 0.481 e. The summed E-state index contributed by atoms with van der Waals surface area (Å²) in [4.78, 5) is 44.1. The molecule has 1 aliphatic heterocycles. The van der Waals surface area contributed by atoms with Crippen LogP contribution in [0, 0.1) is 5.41 Å². The number of methoxy groups -OCH3 is 1. The molecule has 2 aliphatic carbocycles. The molecule has 2 saturated carbocycles. The predicted molar refractivity (Wildman–Crippen MR) is 191 cm³/mol. The van der Waals surface area contributed by atoms with E-state index in [1.807, 2.05) is 13.1 Å². The number of aromatic amines is 1. The lowest BCUT2D eigenvalue weighted by Crippen LogP contribution is -2.52. The van der Waals surface area contributed by atoms with Crippen LogP contribution in [-0.4, -0.2) is 105 Å². The Morgan fingerprint density at radius 1 is 1.08 bits per heavy atom. The Balaban J connectivity index is 1.20. The van der Waals surface area contributed by atoms with Crippen molar-refractivity contribution in [3.63, 3.8) is 0 Å². The number of nitrogens with zero attached hydrogens (tertiary/aromatic N) is 8. The molecule has 12 nitrogen and oxygen atoms in total. The first-order chi connectivity index (χ1) is 24.9. The van der Waals surface area contributed by atoms with E-state index < -0.39 is 17.8 Å². The maximum absolute atomic E-state index is 13.9. The molecule has 0 amide bonds. The smallest absolute Gasteiger partial charge is 0.433 e. The number of rotatable bonds is 13. The molecule has 0 bridgehead atoms. The van der Waals surface area contributed by atoms with Gasteiger partial charge in [0, 0.05) is 70.0 Å². The number of pyridine rings is 2. The maximum atomic E-state index is 13.9. The molecule has 3 aliphatic rings. The monoisotopic (exact) mass is 721 g/mol. The Morgan fingerprint density at radius 3 is 2.52 bits per heavy atom. The van der Waals surface area contributed by atoms with Crippen molar-refractivity contribution in [2.24, 2.45) is 5.41 Å². The number of ether oxygens (including phenoxy) is 1. The van der Waals surface area contributed by atoms with E-state index in [1.54, 1.807) is 25.6 Å². The topological polar surface area (TPSA) is 136 Å². The van der Waals surface area contributed by atoms with Gasteiger partial charge in [-0.2, -0.15) is 13.2 Å². The fraction of sp³-hybridized carbons (Fsp3) is 0.568. The fourth-order valence-electron chi connectivity index (χ4n) is 8.10. The Bertz CT molecular complexity index is 1890. The fourth-order valence-corrected chi connectivity index (χ4v) is 8.10. The highest BCUT2D eigenvalue weighted by Crippen LogP contribution is 2.46. The third-order valence-electron chi connectivity index (χ3n) is 10.8. The molecule has 0 aromatic carbocycles. The van der Waals surface area contributed by atoms with Gasteiger partial charge < -0.3 is 24.6 Å². The molecule has 7 rings (SSSR count). The second kappa shape index (κ2) is 14.6. The Hall–Kier alpha value is -4.37. The van der Waals surface area contributed by atoms with Gasteiger partial charge in [-0.25, -0.2) is 19.9 Å². The number of imidazole rings is 1. The zero-order valence-electron chi connectivity index (χ0n) is 29.9. The van der Waals surface area contributed by atoms with E-state index in [-0.39, 0.29) is 29.4 Å². The van der Waals surface area contributed by atoms with Crippen LogP contribution in [0.1, 0.15) is 75.5 Å². The number of H-pyrrole nitrogens is 1. The molecular weight excluding hydrogens is 675 g/mol. The first kappa shape index (κ1) is 36.0. The normalized spacial score (nSPS) is 19.4. The average Bonchev–Trinajstić information content (AvgIpc) is 3.71. The van der Waals surface area contributed by atoms with Gasteiger partial charge in [-0.3, -0.25) is 14.7 Å². The SMILES string of the molecule is COCC1(CN(C)c2cc(-c3cnc(C(F)(F)F)c(C4CC4)c3)nc3nc(-c4cnc(N5CCN(CCCC(=O)O)C[C@H]5C)cn4)[nH]c23)CCCC1. The molecule has 4 aromatic rings. The summed E-state index contributed by atoms with van der Waals surface area (Å²) >= 11 is 0. The minimum absolute atomic E-state index is 0.0143. The summed E-state index contributed by atoms with van der Waals surface area (Å²) in [5.74, 6) is 0.311. The number of piperazine rings is 1. The number of anilines is 2. The third-order valence-corrected chi connectivity index (χ3v) is 10.8. The molecule has 2 N–H and O–H groups in total. The van der Waals surface area contributed by atoms with E-state index >= 15 is 0 Å². The molecule has 15 heteroatoms. The van der Waals surface area contributed by atoms with Gasteiger partial charge in [-0.15, -0.1) is 0 Å². The summed E-state index contributed by atoms with van der Waals surface area (Å²) in [6.45, 7) is 6.61. The van der Waals surface area contributed by atoms with Gasteiger partial charge in [-0.1, -0.05) is 12.8 Å². The molecule has 5 heterocycles. The van der Waals surface area contributed by atoms with Crippen molar-refractivity contribution < 1.29 is 27.8 Å². The van der Waals surface area contributed by atoms with E-state index in [2.05, 4.69) is 31.6 Å². The van der Waals surface area contributed by atoms with Gasteiger partial charge in [0.05, 0.1) is 30.4 Å². The molecule has 52 heavy (non-hydrogen) atoms. The van der Waals surface area contributed by atoms with Crippen LogP contribution in [0.15, 0.2) is 30.7 Å². The lowest BCUT2D eigenvalue weighted by atomic mass is 9.86. The molecule has 3 fully saturated rings. The van der Waals surface area contributed by atoms with Crippen LogP contribution in [0.3, 0.4) is 0 Å². The highest BCUT2D eigenvalue weighted by molar-refractivity contribution is 5.91. The number of hydrogen-bond acceptors (Lipinski definition) is 10. The maximum Gasteiger partial charge on any atom is 0.433 e. The predicted octanol–water partition coefficient (Wildman–Crippen LogP) is 6.39. The number of aliphatic carboxylic acids is 1. The lowest BCUT2D eigenvalue weighted by molar-refractivity contribution is -0.142. The second-order valence-corrected chi connectivity index (χ2v) is 14.8. The average molecular weight is 722 g/mol. The van der Waals surface area contributed by atoms with Gasteiger partial charge in [-0.05, 0) is 69.2 Å². The zero-order chi connectivity index (χ0) is 36.6. The molecular formula is C37H46F3N9O3. The van der Waals surface area contributed by atoms with Gasteiger partial charge in [0.2, 0.25) is 0 Å². The summed E-state index contributed by atoms with van der Waals surface area (Å²) in [5, 5.41) is 8.97. The van der Waals surface area contributed by atoms with Gasteiger partial charge >= 0.3 is 12.1 Å². The van der Waals surface area contributed by atoms with Crippen LogP contribution in [0.4, 0.5) is 24.7 Å². The van der Waals surface area contributed by atoms with Crippen molar-refractivity contribution in [1.29, 1.82) is 0 Å². The Labute approximate surface area is 300 Å². The molecule has 0 unspecified atom stereocenters. The minimum Gasteiger partial charge on any atom is -0.481 e. The van der Waals surface area contributed by atoms with E-state index in [9.17, 15) is 18.0 Å². The van der Waals surface area contributed by atoms with Crippen molar-refractivity contribution in [3.05, 3.63) is 42.0 Å². The van der Waals surface area contributed by atoms with E-state index in [1.165, 1.54) is 6.20 Å². The number of carbonyl (C=O) groups is 1. The molecule has 278 valence electrons. The standard InChI is InChI=1S/C37H46F3N9O3/c1-23-20-48(12-6-7-31(50)51)13-14-49(23)30-19-41-28(18-42-30)34-45-32-29(47(2)21-36(22-52-3)10-4-5-11-36)16-27(44-35(32)46-34)25-15-26(24-8-9-24)33(43-17-25)37(38,39)40/h15-19,23-24H,4-14,20-22H2,1-3H3,(H,50,51)(H,44,45,46)/t23-/m1/s1.